The molecule has 1 atom stereocenters. The summed E-state index contributed by atoms with van der Waals surface area (Å²) < 4.78 is 5.06. The number of nitrogens with one attached hydrogen (secondary N) is 1. The smallest absolute Gasteiger partial charge is 0.246 e. The van der Waals surface area contributed by atoms with Gasteiger partial charge in [-0.05, 0) is 37.5 Å². The second-order valence-corrected chi connectivity index (χ2v) is 4.51. The van der Waals surface area contributed by atoms with Crippen molar-refractivity contribution in [3.63, 3.8) is 0 Å². The Kier molecular flexibility index (Phi) is 6.92. The van der Waals surface area contributed by atoms with Gasteiger partial charge in [-0.25, -0.2) is 0 Å². The molecule has 0 spiro atoms. The second-order valence-electron chi connectivity index (χ2n) is 4.51. The van der Waals surface area contributed by atoms with Gasteiger partial charge in [0.2, 0.25) is 5.91 Å². The maximum Gasteiger partial charge on any atom is 0.246 e. The monoisotopic (exact) mass is 266 g/mol. The summed E-state index contributed by atoms with van der Waals surface area (Å²) >= 11 is 0. The van der Waals surface area contributed by atoms with E-state index in [4.69, 9.17) is 10.5 Å². The summed E-state index contributed by atoms with van der Waals surface area (Å²) in [6.07, 6.45) is 1.69. The molecular formula is C14H22N2O3. The van der Waals surface area contributed by atoms with E-state index >= 15 is 0 Å². The predicted molar refractivity (Wildman–Crippen MR) is 73.9 cm³/mol. The fourth-order valence-electron chi connectivity index (χ4n) is 1.68. The Hall–Kier alpha value is -1.59. The molecule has 0 saturated carbocycles. The first-order chi connectivity index (χ1) is 9.11. The van der Waals surface area contributed by atoms with E-state index in [1.54, 1.807) is 12.1 Å². The minimum Gasteiger partial charge on any atom is -0.508 e. The SMILES string of the molecule is CC(CCc1ccc(O)cc1)NC(=O)COCCN. The topological polar surface area (TPSA) is 84.6 Å². The van der Waals surface area contributed by atoms with Crippen molar-refractivity contribution in [1.82, 2.24) is 5.32 Å². The lowest BCUT2D eigenvalue weighted by Crippen LogP contribution is -2.36. The van der Waals surface area contributed by atoms with Crippen LogP contribution in [0.3, 0.4) is 0 Å². The molecule has 0 heterocycles. The van der Waals surface area contributed by atoms with Crippen LogP contribution in [0.1, 0.15) is 18.9 Å². The Balaban J connectivity index is 2.21. The van der Waals surface area contributed by atoms with Crippen LogP contribution in [-0.4, -0.2) is 36.8 Å². The summed E-state index contributed by atoms with van der Waals surface area (Å²) in [7, 11) is 0. The normalized spacial score (nSPS) is 12.1. The molecular weight excluding hydrogens is 244 g/mol. The van der Waals surface area contributed by atoms with Crippen molar-refractivity contribution >= 4 is 5.91 Å². The molecule has 1 aromatic carbocycles. The zero-order valence-corrected chi connectivity index (χ0v) is 11.3. The highest BCUT2D eigenvalue weighted by atomic mass is 16.5. The number of ether oxygens (including phenoxy) is 1. The van der Waals surface area contributed by atoms with Crippen LogP contribution >= 0.6 is 0 Å². The van der Waals surface area contributed by atoms with Gasteiger partial charge in [-0.2, -0.15) is 0 Å². The van der Waals surface area contributed by atoms with Crippen LogP contribution in [0.5, 0.6) is 5.75 Å². The van der Waals surface area contributed by atoms with E-state index in [0.29, 0.717) is 13.2 Å². The average molecular weight is 266 g/mol. The minimum atomic E-state index is -0.119. The average Bonchev–Trinajstić information content (AvgIpc) is 2.38. The maximum absolute atomic E-state index is 11.5. The fourth-order valence-corrected chi connectivity index (χ4v) is 1.68. The van der Waals surface area contributed by atoms with Crippen LogP contribution in [0.25, 0.3) is 0 Å². The van der Waals surface area contributed by atoms with Gasteiger partial charge in [-0.1, -0.05) is 12.1 Å². The molecule has 5 heteroatoms. The number of phenolic OH excluding ortho intramolecular Hbond substituents is 1. The van der Waals surface area contributed by atoms with Crippen LogP contribution in [0, 0.1) is 0 Å². The lowest BCUT2D eigenvalue weighted by molar-refractivity contribution is -0.126. The van der Waals surface area contributed by atoms with Crippen LogP contribution in [0.15, 0.2) is 24.3 Å². The molecule has 19 heavy (non-hydrogen) atoms. The van der Waals surface area contributed by atoms with E-state index in [1.807, 2.05) is 19.1 Å². The molecule has 1 unspecified atom stereocenters. The molecule has 5 nitrogen and oxygen atoms in total. The quantitative estimate of drug-likeness (QED) is 0.608. The van der Waals surface area contributed by atoms with Crippen molar-refractivity contribution in [2.24, 2.45) is 5.73 Å². The van der Waals surface area contributed by atoms with Gasteiger partial charge < -0.3 is 20.9 Å². The summed E-state index contributed by atoms with van der Waals surface area (Å²) in [6.45, 7) is 2.83. The number of phenols is 1. The van der Waals surface area contributed by atoms with Crippen LogP contribution in [0.4, 0.5) is 0 Å². The Labute approximate surface area is 113 Å². The zero-order chi connectivity index (χ0) is 14.1. The first-order valence-electron chi connectivity index (χ1n) is 6.47. The molecule has 0 aromatic heterocycles. The van der Waals surface area contributed by atoms with E-state index in [2.05, 4.69) is 5.32 Å². The highest BCUT2D eigenvalue weighted by Crippen LogP contribution is 2.11. The molecule has 106 valence electrons. The standard InChI is InChI=1S/C14H22N2O3/c1-11(16-14(18)10-19-9-8-15)2-3-12-4-6-13(17)7-5-12/h4-7,11,17H,2-3,8-10,15H2,1H3,(H,16,18). The van der Waals surface area contributed by atoms with Gasteiger partial charge in [0.25, 0.3) is 0 Å². The number of carbonyl (C=O) groups excluding carboxylic acids is 1. The van der Waals surface area contributed by atoms with E-state index in [-0.39, 0.29) is 24.3 Å². The first kappa shape index (κ1) is 15.5. The van der Waals surface area contributed by atoms with Gasteiger partial charge in [0.05, 0.1) is 6.61 Å². The number of amides is 1. The third-order valence-electron chi connectivity index (χ3n) is 2.71. The molecule has 0 aliphatic rings. The van der Waals surface area contributed by atoms with E-state index < -0.39 is 0 Å². The Morgan fingerprint density at radius 1 is 1.42 bits per heavy atom. The zero-order valence-electron chi connectivity index (χ0n) is 11.3. The number of hydrogen-bond donors (Lipinski definition) is 3. The molecule has 0 fully saturated rings. The maximum atomic E-state index is 11.5. The first-order valence-corrected chi connectivity index (χ1v) is 6.47. The number of benzene rings is 1. The third kappa shape index (κ3) is 6.79. The highest BCUT2D eigenvalue weighted by molar-refractivity contribution is 5.77. The van der Waals surface area contributed by atoms with E-state index in [1.165, 1.54) is 0 Å². The second kappa shape index (κ2) is 8.50. The minimum absolute atomic E-state index is 0.0563. The van der Waals surface area contributed by atoms with Gasteiger partial charge in [-0.3, -0.25) is 4.79 Å². The summed E-state index contributed by atoms with van der Waals surface area (Å²) in [5.41, 5.74) is 6.40. The van der Waals surface area contributed by atoms with E-state index in [0.717, 1.165) is 18.4 Å². The summed E-state index contributed by atoms with van der Waals surface area (Å²) in [4.78, 5) is 11.5. The Bertz CT molecular complexity index is 379. The molecule has 4 N–H and O–H groups in total. The van der Waals surface area contributed by atoms with Gasteiger partial charge in [-0.15, -0.1) is 0 Å². The van der Waals surface area contributed by atoms with Gasteiger partial charge in [0, 0.05) is 12.6 Å². The number of carbonyl (C=O) groups is 1. The Morgan fingerprint density at radius 2 is 2.11 bits per heavy atom. The van der Waals surface area contributed by atoms with Crippen molar-refractivity contribution in [3.8, 4) is 5.75 Å². The van der Waals surface area contributed by atoms with Crippen molar-refractivity contribution in [1.29, 1.82) is 0 Å². The van der Waals surface area contributed by atoms with Crippen LogP contribution in [-0.2, 0) is 16.0 Å². The third-order valence-corrected chi connectivity index (χ3v) is 2.71. The summed E-state index contributed by atoms with van der Waals surface area (Å²) in [6, 6.07) is 7.18. The van der Waals surface area contributed by atoms with Crippen molar-refractivity contribution in [2.75, 3.05) is 19.8 Å². The molecule has 1 aromatic rings. The lowest BCUT2D eigenvalue weighted by atomic mass is 10.1. The van der Waals surface area contributed by atoms with Crippen molar-refractivity contribution < 1.29 is 14.6 Å². The molecule has 0 aliphatic heterocycles. The van der Waals surface area contributed by atoms with Crippen LogP contribution < -0.4 is 11.1 Å². The molecule has 1 amide bonds. The molecule has 0 saturated heterocycles. The van der Waals surface area contributed by atoms with Crippen LogP contribution in [0.2, 0.25) is 0 Å². The number of rotatable bonds is 8. The van der Waals surface area contributed by atoms with Gasteiger partial charge in [0.15, 0.2) is 0 Å². The summed E-state index contributed by atoms with van der Waals surface area (Å²) in [5.74, 6) is 0.147. The highest BCUT2D eigenvalue weighted by Gasteiger charge is 2.07. The number of nitrogens with two attached hydrogens (primary N) is 1. The van der Waals surface area contributed by atoms with Gasteiger partial charge >= 0.3 is 0 Å². The summed E-state index contributed by atoms with van der Waals surface area (Å²) in [5, 5.41) is 12.0. The van der Waals surface area contributed by atoms with E-state index in [9.17, 15) is 9.90 Å². The number of hydrogen-bond acceptors (Lipinski definition) is 4. The largest absolute Gasteiger partial charge is 0.508 e. The Morgan fingerprint density at radius 3 is 2.74 bits per heavy atom. The molecule has 0 bridgehead atoms. The molecule has 0 aliphatic carbocycles. The number of aryl methyl sites for hydroxylation is 1. The fraction of sp³-hybridized carbons (Fsp3) is 0.500. The molecule has 0 radical (unpaired) electrons. The van der Waals surface area contributed by atoms with Gasteiger partial charge in [0.1, 0.15) is 12.4 Å². The molecule has 1 rings (SSSR count). The lowest BCUT2D eigenvalue weighted by Gasteiger charge is -2.14. The number of aromatic hydroxyl groups is 1. The predicted octanol–water partition coefficient (Wildman–Crippen LogP) is 0.805. The van der Waals surface area contributed by atoms with Crippen molar-refractivity contribution in [2.45, 2.75) is 25.8 Å². The van der Waals surface area contributed by atoms with Crippen molar-refractivity contribution in [3.05, 3.63) is 29.8 Å².